The molecule has 17 heavy (non-hydrogen) atoms. The molecule has 1 aliphatic heterocycles. The lowest BCUT2D eigenvalue weighted by atomic mass is 9.97. The van der Waals surface area contributed by atoms with E-state index in [2.05, 4.69) is 38.2 Å². The van der Waals surface area contributed by atoms with Crippen LogP contribution in [0.3, 0.4) is 0 Å². The third-order valence-electron chi connectivity index (χ3n) is 3.15. The average Bonchev–Trinajstić information content (AvgIpc) is 2.22. The second kappa shape index (κ2) is 4.97. The number of aryl methyl sites for hydroxylation is 1. The van der Waals surface area contributed by atoms with Crippen LogP contribution in [0.5, 0.6) is 0 Å². The molecule has 2 rings (SSSR count). The van der Waals surface area contributed by atoms with Crippen molar-refractivity contribution >= 4 is 11.6 Å². The van der Waals surface area contributed by atoms with Gasteiger partial charge < -0.3 is 10.1 Å². The van der Waals surface area contributed by atoms with Gasteiger partial charge in [0.2, 0.25) is 0 Å². The van der Waals surface area contributed by atoms with E-state index in [9.17, 15) is 0 Å². The Morgan fingerprint density at radius 1 is 1.47 bits per heavy atom. The van der Waals surface area contributed by atoms with Gasteiger partial charge in [-0.15, -0.1) is 0 Å². The zero-order chi connectivity index (χ0) is 12.5. The van der Waals surface area contributed by atoms with Gasteiger partial charge in [0.05, 0.1) is 13.2 Å². The van der Waals surface area contributed by atoms with Gasteiger partial charge in [0.15, 0.2) is 0 Å². The predicted octanol–water partition coefficient (Wildman–Crippen LogP) is 2.96. The molecule has 0 radical (unpaired) electrons. The van der Waals surface area contributed by atoms with Crippen LogP contribution in [0, 0.1) is 6.92 Å². The first-order valence-corrected chi connectivity index (χ1v) is 6.44. The van der Waals surface area contributed by atoms with E-state index in [1.165, 1.54) is 11.1 Å². The van der Waals surface area contributed by atoms with Gasteiger partial charge in [0, 0.05) is 16.6 Å². The number of morpholine rings is 1. The first kappa shape index (κ1) is 12.9. The number of ether oxygens (including phenoxy) is 1. The smallest absolute Gasteiger partial charge is 0.0643 e. The topological polar surface area (TPSA) is 21.3 Å². The van der Waals surface area contributed by atoms with Crippen molar-refractivity contribution in [2.24, 2.45) is 0 Å². The Morgan fingerprint density at radius 3 is 2.94 bits per heavy atom. The van der Waals surface area contributed by atoms with Crippen LogP contribution in [-0.2, 0) is 11.2 Å². The highest BCUT2D eigenvalue weighted by molar-refractivity contribution is 6.30. The quantitative estimate of drug-likeness (QED) is 0.875. The van der Waals surface area contributed by atoms with E-state index in [-0.39, 0.29) is 5.54 Å². The van der Waals surface area contributed by atoms with Crippen LogP contribution >= 0.6 is 11.6 Å². The van der Waals surface area contributed by atoms with Crippen molar-refractivity contribution < 1.29 is 4.74 Å². The number of benzene rings is 1. The fourth-order valence-corrected chi connectivity index (χ4v) is 2.52. The van der Waals surface area contributed by atoms with Crippen molar-refractivity contribution in [2.75, 3.05) is 13.2 Å². The van der Waals surface area contributed by atoms with Gasteiger partial charge in [-0.25, -0.2) is 0 Å². The maximum Gasteiger partial charge on any atom is 0.0643 e. The molecule has 0 bridgehead atoms. The highest BCUT2D eigenvalue weighted by Crippen LogP contribution is 2.19. The summed E-state index contributed by atoms with van der Waals surface area (Å²) in [6.45, 7) is 8.02. The van der Waals surface area contributed by atoms with E-state index in [1.54, 1.807) is 0 Å². The zero-order valence-corrected chi connectivity index (χ0v) is 11.5. The summed E-state index contributed by atoms with van der Waals surface area (Å²) in [6, 6.07) is 6.44. The van der Waals surface area contributed by atoms with Crippen LogP contribution in [0.1, 0.15) is 25.0 Å². The molecule has 0 aromatic heterocycles. The lowest BCUT2D eigenvalue weighted by Crippen LogP contribution is -2.56. The predicted molar refractivity (Wildman–Crippen MR) is 71.7 cm³/mol. The van der Waals surface area contributed by atoms with Gasteiger partial charge in [-0.1, -0.05) is 17.7 Å². The standard InChI is InChI=1S/C14H20ClNO/c1-10-4-5-12(15)6-11(10)7-13-8-17-9-14(2,3)16-13/h4-6,13,16H,7-9H2,1-3H3. The third-order valence-corrected chi connectivity index (χ3v) is 3.39. The Labute approximate surface area is 108 Å². The minimum atomic E-state index is 0.0649. The molecule has 1 aromatic carbocycles. The van der Waals surface area contributed by atoms with Crippen LogP contribution in [0.15, 0.2) is 18.2 Å². The second-order valence-corrected chi connectivity index (χ2v) is 5.95. The largest absolute Gasteiger partial charge is 0.378 e. The van der Waals surface area contributed by atoms with E-state index < -0.39 is 0 Å². The van der Waals surface area contributed by atoms with Gasteiger partial charge in [0.1, 0.15) is 0 Å². The average molecular weight is 254 g/mol. The number of hydrogen-bond acceptors (Lipinski definition) is 2. The van der Waals surface area contributed by atoms with E-state index >= 15 is 0 Å². The van der Waals surface area contributed by atoms with Crippen LogP contribution in [0.4, 0.5) is 0 Å². The van der Waals surface area contributed by atoms with Gasteiger partial charge in [-0.3, -0.25) is 0 Å². The molecule has 1 aromatic rings. The highest BCUT2D eigenvalue weighted by atomic mass is 35.5. The summed E-state index contributed by atoms with van der Waals surface area (Å²) >= 11 is 6.04. The molecular weight excluding hydrogens is 234 g/mol. The Kier molecular flexibility index (Phi) is 3.76. The second-order valence-electron chi connectivity index (χ2n) is 5.52. The number of rotatable bonds is 2. The van der Waals surface area contributed by atoms with Crippen molar-refractivity contribution in [2.45, 2.75) is 38.8 Å². The SMILES string of the molecule is Cc1ccc(Cl)cc1CC1COCC(C)(C)N1. The van der Waals surface area contributed by atoms with Crippen LogP contribution in [0.2, 0.25) is 5.02 Å². The van der Waals surface area contributed by atoms with E-state index in [0.29, 0.717) is 6.04 Å². The summed E-state index contributed by atoms with van der Waals surface area (Å²) in [5, 5.41) is 4.43. The van der Waals surface area contributed by atoms with E-state index in [1.807, 2.05) is 6.07 Å². The molecule has 1 N–H and O–H groups in total. The maximum atomic E-state index is 6.04. The molecule has 1 heterocycles. The van der Waals surface area contributed by atoms with Gasteiger partial charge in [0.25, 0.3) is 0 Å². The molecule has 1 atom stereocenters. The van der Waals surface area contributed by atoms with Crippen LogP contribution in [0.25, 0.3) is 0 Å². The molecule has 0 amide bonds. The van der Waals surface area contributed by atoms with Crippen molar-refractivity contribution in [1.29, 1.82) is 0 Å². The summed E-state index contributed by atoms with van der Waals surface area (Å²) < 4.78 is 5.64. The molecule has 0 saturated carbocycles. The Balaban J connectivity index is 2.07. The normalized spacial score (nSPS) is 23.6. The summed E-state index contributed by atoms with van der Waals surface area (Å²) in [5.74, 6) is 0. The fourth-order valence-electron chi connectivity index (χ4n) is 2.33. The molecule has 3 heteroatoms. The summed E-state index contributed by atoms with van der Waals surface area (Å²) in [4.78, 5) is 0. The molecule has 0 aliphatic carbocycles. The van der Waals surface area contributed by atoms with Crippen LogP contribution in [-0.4, -0.2) is 24.8 Å². The molecule has 1 saturated heterocycles. The van der Waals surface area contributed by atoms with Crippen molar-refractivity contribution in [3.05, 3.63) is 34.3 Å². The van der Waals surface area contributed by atoms with Crippen molar-refractivity contribution in [3.8, 4) is 0 Å². The molecule has 0 spiro atoms. The van der Waals surface area contributed by atoms with Crippen molar-refractivity contribution in [1.82, 2.24) is 5.32 Å². The monoisotopic (exact) mass is 253 g/mol. The molecular formula is C14H20ClNO. The Morgan fingerprint density at radius 2 is 2.24 bits per heavy atom. The van der Waals surface area contributed by atoms with Gasteiger partial charge in [-0.2, -0.15) is 0 Å². The summed E-state index contributed by atoms with van der Waals surface area (Å²) in [7, 11) is 0. The molecule has 1 unspecified atom stereocenters. The molecule has 1 aliphatic rings. The fraction of sp³-hybridized carbons (Fsp3) is 0.571. The third kappa shape index (κ3) is 3.44. The Hall–Kier alpha value is -0.570. The lowest BCUT2D eigenvalue weighted by molar-refractivity contribution is 0.0135. The molecule has 1 fully saturated rings. The van der Waals surface area contributed by atoms with Crippen molar-refractivity contribution in [3.63, 3.8) is 0 Å². The van der Waals surface area contributed by atoms with Gasteiger partial charge >= 0.3 is 0 Å². The molecule has 94 valence electrons. The van der Waals surface area contributed by atoms with Crippen LogP contribution < -0.4 is 5.32 Å². The summed E-state index contributed by atoms with van der Waals surface area (Å²) in [5.41, 5.74) is 2.66. The maximum absolute atomic E-state index is 6.04. The van der Waals surface area contributed by atoms with Gasteiger partial charge in [-0.05, 0) is 50.5 Å². The van der Waals surface area contributed by atoms with E-state index in [0.717, 1.165) is 24.7 Å². The minimum absolute atomic E-state index is 0.0649. The first-order valence-electron chi connectivity index (χ1n) is 6.07. The molecule has 2 nitrogen and oxygen atoms in total. The number of nitrogens with one attached hydrogen (secondary N) is 1. The number of hydrogen-bond donors (Lipinski definition) is 1. The lowest BCUT2D eigenvalue weighted by Gasteiger charge is -2.37. The zero-order valence-electron chi connectivity index (χ0n) is 10.7. The Bertz CT molecular complexity index is 403. The summed E-state index contributed by atoms with van der Waals surface area (Å²) in [6.07, 6.45) is 0.968. The van der Waals surface area contributed by atoms with E-state index in [4.69, 9.17) is 16.3 Å². The highest BCUT2D eigenvalue weighted by Gasteiger charge is 2.27. The minimum Gasteiger partial charge on any atom is -0.378 e. The number of halogens is 1. The first-order chi connectivity index (χ1) is 7.96.